The number of halogens is 5. The Labute approximate surface area is 102 Å². The van der Waals surface area contributed by atoms with Crippen LogP contribution in [-0.4, -0.2) is 13.4 Å². The topological polar surface area (TPSA) is 47.0 Å². The third-order valence-electron chi connectivity index (χ3n) is 1.39. The molecule has 15 heavy (non-hydrogen) atoms. The summed E-state index contributed by atoms with van der Waals surface area (Å²) in [6.07, 6.45) is -2.88. The fourth-order valence-corrected chi connectivity index (χ4v) is 3.24. The SMILES string of the molecule is O=S(=O)(Cl)c1nc(Cl)cc(C(F)F)c1Br. The van der Waals surface area contributed by atoms with Crippen molar-refractivity contribution in [1.82, 2.24) is 4.98 Å². The lowest BCUT2D eigenvalue weighted by Gasteiger charge is -2.06. The van der Waals surface area contributed by atoms with E-state index in [1.54, 1.807) is 0 Å². The number of rotatable bonds is 2. The van der Waals surface area contributed by atoms with Crippen molar-refractivity contribution in [3.8, 4) is 0 Å². The van der Waals surface area contributed by atoms with Crippen LogP contribution in [0, 0.1) is 0 Å². The van der Waals surface area contributed by atoms with Crippen LogP contribution in [0.5, 0.6) is 0 Å². The van der Waals surface area contributed by atoms with E-state index in [1.165, 1.54) is 0 Å². The lowest BCUT2D eigenvalue weighted by molar-refractivity contribution is 0.150. The number of aromatic nitrogens is 1. The molecule has 0 aliphatic heterocycles. The van der Waals surface area contributed by atoms with Crippen molar-refractivity contribution < 1.29 is 17.2 Å². The van der Waals surface area contributed by atoms with Crippen molar-refractivity contribution >= 4 is 47.3 Å². The smallest absolute Gasteiger partial charge is 0.222 e. The summed E-state index contributed by atoms with van der Waals surface area (Å²) >= 11 is 8.07. The molecule has 84 valence electrons. The van der Waals surface area contributed by atoms with Crippen molar-refractivity contribution in [3.05, 3.63) is 21.3 Å². The first-order valence-electron chi connectivity index (χ1n) is 3.32. The number of pyridine rings is 1. The normalized spacial score (nSPS) is 12.1. The summed E-state index contributed by atoms with van der Waals surface area (Å²) < 4.78 is 46.4. The lowest BCUT2D eigenvalue weighted by atomic mass is 10.3. The average Bonchev–Trinajstić information content (AvgIpc) is 2.06. The van der Waals surface area contributed by atoms with Gasteiger partial charge in [0.1, 0.15) is 5.15 Å². The highest BCUT2D eigenvalue weighted by Crippen LogP contribution is 2.34. The van der Waals surface area contributed by atoms with E-state index in [4.69, 9.17) is 22.3 Å². The van der Waals surface area contributed by atoms with Gasteiger partial charge in [0.15, 0.2) is 5.03 Å². The predicted molar refractivity (Wildman–Crippen MR) is 54.9 cm³/mol. The molecule has 0 fully saturated rings. The van der Waals surface area contributed by atoms with Crippen molar-refractivity contribution in [3.63, 3.8) is 0 Å². The Balaban J connectivity index is 3.56. The molecule has 0 amide bonds. The molecule has 0 radical (unpaired) electrons. The van der Waals surface area contributed by atoms with E-state index in [0.717, 1.165) is 6.07 Å². The molecule has 1 aromatic heterocycles. The van der Waals surface area contributed by atoms with Gasteiger partial charge in [-0.3, -0.25) is 0 Å². The first-order valence-corrected chi connectivity index (χ1v) is 6.80. The average molecular weight is 341 g/mol. The second-order valence-corrected chi connectivity index (χ2v) is 6.05. The van der Waals surface area contributed by atoms with E-state index in [0.29, 0.717) is 0 Å². The summed E-state index contributed by atoms with van der Waals surface area (Å²) in [6, 6.07) is 0.863. The van der Waals surface area contributed by atoms with Gasteiger partial charge < -0.3 is 0 Å². The van der Waals surface area contributed by atoms with Crippen molar-refractivity contribution in [2.45, 2.75) is 11.5 Å². The monoisotopic (exact) mass is 339 g/mol. The molecule has 3 nitrogen and oxygen atoms in total. The predicted octanol–water partition coefficient (Wildman–Crippen LogP) is 3.36. The van der Waals surface area contributed by atoms with Crippen LogP contribution >= 0.6 is 38.2 Å². The van der Waals surface area contributed by atoms with Crippen LogP contribution in [0.2, 0.25) is 5.15 Å². The van der Waals surface area contributed by atoms with Gasteiger partial charge in [-0.05, 0) is 22.0 Å². The van der Waals surface area contributed by atoms with Crippen LogP contribution in [0.1, 0.15) is 12.0 Å². The third-order valence-corrected chi connectivity index (χ3v) is 3.88. The Bertz CT molecular complexity index is 494. The lowest BCUT2D eigenvalue weighted by Crippen LogP contribution is -2.01. The summed E-state index contributed by atoms with van der Waals surface area (Å²) in [5, 5.41) is -1.08. The van der Waals surface area contributed by atoms with E-state index in [-0.39, 0.29) is 9.63 Å². The summed E-state index contributed by atoms with van der Waals surface area (Å²) in [7, 11) is 0.773. The Morgan fingerprint density at radius 1 is 1.47 bits per heavy atom. The van der Waals surface area contributed by atoms with Gasteiger partial charge in [-0.25, -0.2) is 22.2 Å². The zero-order valence-electron chi connectivity index (χ0n) is 6.72. The van der Waals surface area contributed by atoms with Crippen molar-refractivity contribution in [1.29, 1.82) is 0 Å². The van der Waals surface area contributed by atoms with Gasteiger partial charge in [0.25, 0.3) is 15.5 Å². The van der Waals surface area contributed by atoms with Crippen LogP contribution in [-0.2, 0) is 9.05 Å². The molecule has 0 aliphatic carbocycles. The van der Waals surface area contributed by atoms with Crippen LogP contribution in [0.15, 0.2) is 15.6 Å². The van der Waals surface area contributed by atoms with Crippen molar-refractivity contribution in [2.24, 2.45) is 0 Å². The minimum absolute atomic E-state index is 0.368. The van der Waals surface area contributed by atoms with Crippen LogP contribution in [0.25, 0.3) is 0 Å². The zero-order valence-corrected chi connectivity index (χ0v) is 10.6. The minimum Gasteiger partial charge on any atom is -0.222 e. The van der Waals surface area contributed by atoms with E-state index < -0.39 is 26.1 Å². The molecule has 0 aliphatic rings. The van der Waals surface area contributed by atoms with Crippen LogP contribution in [0.4, 0.5) is 8.78 Å². The molecule has 0 saturated carbocycles. The highest BCUT2D eigenvalue weighted by atomic mass is 79.9. The maximum atomic E-state index is 12.4. The minimum atomic E-state index is -4.22. The van der Waals surface area contributed by atoms with Gasteiger partial charge in [-0.1, -0.05) is 11.6 Å². The maximum absolute atomic E-state index is 12.4. The molecule has 0 bridgehead atoms. The quantitative estimate of drug-likeness (QED) is 0.612. The largest absolute Gasteiger partial charge is 0.279 e. The first-order chi connectivity index (χ1) is 6.73. The molecular weight excluding hydrogens is 339 g/mol. The standard InChI is InChI=1S/C6H2BrCl2F2NO2S/c7-4-2(5(10)11)1-3(8)12-6(4)15(9,13)14/h1,5H. The third kappa shape index (κ3) is 2.99. The molecule has 9 heteroatoms. The van der Waals surface area contributed by atoms with Gasteiger partial charge in [0.2, 0.25) is 0 Å². The van der Waals surface area contributed by atoms with E-state index >= 15 is 0 Å². The summed E-state index contributed by atoms with van der Waals surface area (Å²) in [5.74, 6) is 0. The molecule has 1 rings (SSSR count). The Morgan fingerprint density at radius 2 is 2.00 bits per heavy atom. The van der Waals surface area contributed by atoms with E-state index in [2.05, 4.69) is 20.9 Å². The zero-order chi connectivity index (χ0) is 11.8. The maximum Gasteiger partial charge on any atom is 0.279 e. The summed E-state index contributed by atoms with van der Waals surface area (Å²) in [4.78, 5) is 3.35. The number of alkyl halides is 2. The van der Waals surface area contributed by atoms with Crippen LogP contribution in [0.3, 0.4) is 0 Å². The molecule has 0 aromatic carbocycles. The molecule has 0 spiro atoms. The first kappa shape index (κ1) is 13.1. The van der Waals surface area contributed by atoms with Gasteiger partial charge in [0.05, 0.1) is 4.47 Å². The Kier molecular flexibility index (Phi) is 3.91. The summed E-state index contributed by atoms with van der Waals surface area (Å²) in [6.45, 7) is 0. The van der Waals surface area contributed by atoms with Gasteiger partial charge in [-0.2, -0.15) is 0 Å². The number of hydrogen-bond acceptors (Lipinski definition) is 3. The fraction of sp³-hybridized carbons (Fsp3) is 0.167. The molecular formula is C6H2BrCl2F2NO2S. The molecule has 1 heterocycles. The molecule has 0 saturated heterocycles. The Morgan fingerprint density at radius 3 is 2.40 bits per heavy atom. The van der Waals surface area contributed by atoms with Gasteiger partial charge in [-0.15, -0.1) is 0 Å². The second kappa shape index (κ2) is 4.48. The van der Waals surface area contributed by atoms with E-state index in [9.17, 15) is 17.2 Å². The molecule has 0 unspecified atom stereocenters. The number of nitrogens with zero attached hydrogens (tertiary/aromatic N) is 1. The molecule has 0 N–H and O–H groups in total. The molecule has 1 aromatic rings. The van der Waals surface area contributed by atoms with Crippen LogP contribution < -0.4 is 0 Å². The van der Waals surface area contributed by atoms with Gasteiger partial charge in [0, 0.05) is 16.2 Å². The van der Waals surface area contributed by atoms with Crippen molar-refractivity contribution in [2.75, 3.05) is 0 Å². The van der Waals surface area contributed by atoms with Gasteiger partial charge >= 0.3 is 0 Å². The summed E-state index contributed by atoms with van der Waals surface area (Å²) in [5.41, 5.74) is -0.575. The highest BCUT2D eigenvalue weighted by molar-refractivity contribution is 9.10. The Hall–Kier alpha value is 0.0200. The highest BCUT2D eigenvalue weighted by Gasteiger charge is 2.24. The number of hydrogen-bond donors (Lipinski definition) is 0. The molecule has 0 atom stereocenters. The van der Waals surface area contributed by atoms with E-state index in [1.807, 2.05) is 0 Å². The second-order valence-electron chi connectivity index (χ2n) is 2.39. The fourth-order valence-electron chi connectivity index (χ4n) is 0.814.